The van der Waals surface area contributed by atoms with Gasteiger partial charge in [-0.2, -0.15) is 0 Å². The number of carbonyl (C=O) groups excluding carboxylic acids is 2. The molecule has 2 aromatic rings. The van der Waals surface area contributed by atoms with Crippen molar-refractivity contribution in [1.82, 2.24) is 0 Å². The number of sulfonamides is 1. The number of amides is 2. The Balaban J connectivity index is 1.96. The van der Waals surface area contributed by atoms with E-state index in [0.29, 0.717) is 14.5 Å². The molecule has 25 heavy (non-hydrogen) atoms. The van der Waals surface area contributed by atoms with Crippen LogP contribution >= 0.6 is 27.5 Å². The first kappa shape index (κ1) is 17.9. The number of nitrogens with one attached hydrogen (secondary N) is 1. The van der Waals surface area contributed by atoms with Crippen LogP contribution in [0.3, 0.4) is 0 Å². The SMILES string of the molecule is O=C(Nc1ccccc1Br)c1ccc(Cl)c(N2C(=O)CCS2(=O)=O)c1. The minimum Gasteiger partial charge on any atom is -0.321 e. The van der Waals surface area contributed by atoms with E-state index in [1.807, 2.05) is 6.07 Å². The number of hydrogen-bond donors (Lipinski definition) is 1. The van der Waals surface area contributed by atoms with Gasteiger partial charge in [-0.1, -0.05) is 23.7 Å². The van der Waals surface area contributed by atoms with Crippen LogP contribution in [-0.4, -0.2) is 26.0 Å². The second-order valence-electron chi connectivity index (χ2n) is 5.32. The quantitative estimate of drug-likeness (QED) is 0.788. The van der Waals surface area contributed by atoms with Gasteiger partial charge < -0.3 is 5.32 Å². The van der Waals surface area contributed by atoms with Crippen LogP contribution in [0.25, 0.3) is 0 Å². The minimum atomic E-state index is -3.76. The minimum absolute atomic E-state index is 0.0102. The van der Waals surface area contributed by atoms with E-state index < -0.39 is 21.8 Å². The third-order valence-electron chi connectivity index (χ3n) is 3.63. The molecular formula is C16H12BrClN2O4S. The lowest BCUT2D eigenvalue weighted by Crippen LogP contribution is -2.29. The van der Waals surface area contributed by atoms with Gasteiger partial charge in [0, 0.05) is 16.5 Å². The molecular weight excluding hydrogens is 432 g/mol. The van der Waals surface area contributed by atoms with Crippen molar-refractivity contribution in [2.45, 2.75) is 6.42 Å². The third kappa shape index (κ3) is 3.56. The number of benzene rings is 2. The lowest BCUT2D eigenvalue weighted by Gasteiger charge is -2.17. The van der Waals surface area contributed by atoms with Crippen LogP contribution in [0.2, 0.25) is 5.02 Å². The third-order valence-corrected chi connectivity index (χ3v) is 6.32. The predicted octanol–water partition coefficient (Wildman–Crippen LogP) is 3.42. The number of anilines is 2. The fraction of sp³-hybridized carbons (Fsp3) is 0.125. The zero-order valence-corrected chi connectivity index (χ0v) is 15.9. The number of rotatable bonds is 3. The fourth-order valence-corrected chi connectivity index (χ4v) is 4.52. The van der Waals surface area contributed by atoms with E-state index in [1.165, 1.54) is 18.2 Å². The Bertz CT molecular complexity index is 978. The van der Waals surface area contributed by atoms with Crippen molar-refractivity contribution in [3.63, 3.8) is 0 Å². The summed E-state index contributed by atoms with van der Waals surface area (Å²) in [5.74, 6) is -1.28. The molecule has 130 valence electrons. The molecule has 0 spiro atoms. The average molecular weight is 444 g/mol. The van der Waals surface area contributed by atoms with Gasteiger partial charge >= 0.3 is 0 Å². The van der Waals surface area contributed by atoms with Crippen molar-refractivity contribution in [1.29, 1.82) is 0 Å². The first-order chi connectivity index (χ1) is 11.8. The van der Waals surface area contributed by atoms with Gasteiger partial charge in [-0.05, 0) is 46.3 Å². The molecule has 0 atom stereocenters. The molecule has 1 N–H and O–H groups in total. The Labute approximate surface area is 158 Å². The number of hydrogen-bond acceptors (Lipinski definition) is 4. The molecule has 0 aliphatic carbocycles. The summed E-state index contributed by atoms with van der Waals surface area (Å²) in [7, 11) is -3.76. The molecule has 1 fully saturated rings. The Morgan fingerprint density at radius 1 is 1.20 bits per heavy atom. The predicted molar refractivity (Wildman–Crippen MR) is 99.4 cm³/mol. The lowest BCUT2D eigenvalue weighted by molar-refractivity contribution is -0.116. The molecule has 0 aromatic heterocycles. The van der Waals surface area contributed by atoms with Crippen LogP contribution in [0.1, 0.15) is 16.8 Å². The summed E-state index contributed by atoms with van der Waals surface area (Å²) in [5, 5.41) is 2.79. The summed E-state index contributed by atoms with van der Waals surface area (Å²) in [6.45, 7) is 0. The largest absolute Gasteiger partial charge is 0.321 e. The Hall–Kier alpha value is -1.90. The molecule has 1 saturated heterocycles. The van der Waals surface area contributed by atoms with Gasteiger partial charge in [-0.15, -0.1) is 0 Å². The second-order valence-corrected chi connectivity index (χ2v) is 8.52. The van der Waals surface area contributed by atoms with Crippen molar-refractivity contribution >= 4 is 60.7 Å². The van der Waals surface area contributed by atoms with Crippen molar-refractivity contribution in [3.8, 4) is 0 Å². The summed E-state index contributed by atoms with van der Waals surface area (Å²) >= 11 is 9.39. The van der Waals surface area contributed by atoms with Crippen LogP contribution in [0.5, 0.6) is 0 Å². The average Bonchev–Trinajstić information content (AvgIpc) is 2.83. The molecule has 0 unspecified atom stereocenters. The topological polar surface area (TPSA) is 83.6 Å². The summed E-state index contributed by atoms with van der Waals surface area (Å²) < 4.78 is 25.5. The van der Waals surface area contributed by atoms with Crippen molar-refractivity contribution in [3.05, 3.63) is 57.5 Å². The Morgan fingerprint density at radius 3 is 2.56 bits per heavy atom. The van der Waals surface area contributed by atoms with E-state index >= 15 is 0 Å². The van der Waals surface area contributed by atoms with Gasteiger partial charge in [0.1, 0.15) is 0 Å². The fourth-order valence-electron chi connectivity index (χ4n) is 2.42. The summed E-state index contributed by atoms with van der Waals surface area (Å²) in [4.78, 5) is 24.4. The van der Waals surface area contributed by atoms with Crippen LogP contribution in [-0.2, 0) is 14.8 Å². The standard InChI is InChI=1S/C16H12BrClN2O4S/c17-11-3-1-2-4-13(11)19-16(22)10-5-6-12(18)14(9-10)20-15(21)7-8-25(20,23)24/h1-6,9H,7-8H2,(H,19,22). The molecule has 9 heteroatoms. The maximum absolute atomic E-state index is 12.5. The van der Waals surface area contributed by atoms with E-state index in [4.69, 9.17) is 11.6 Å². The monoisotopic (exact) mass is 442 g/mol. The van der Waals surface area contributed by atoms with E-state index in [2.05, 4.69) is 21.2 Å². The van der Waals surface area contributed by atoms with Crippen LogP contribution in [0.15, 0.2) is 46.9 Å². The molecule has 1 aliphatic rings. The molecule has 6 nitrogen and oxygen atoms in total. The first-order valence-corrected chi connectivity index (χ1v) is 9.99. The maximum Gasteiger partial charge on any atom is 0.255 e. The molecule has 0 radical (unpaired) electrons. The number of nitrogens with zero attached hydrogens (tertiary/aromatic N) is 1. The lowest BCUT2D eigenvalue weighted by atomic mass is 10.1. The molecule has 2 aromatic carbocycles. The van der Waals surface area contributed by atoms with Crippen LogP contribution < -0.4 is 9.62 Å². The van der Waals surface area contributed by atoms with Gasteiger partial charge in [0.2, 0.25) is 15.9 Å². The molecule has 0 saturated carbocycles. The van der Waals surface area contributed by atoms with Crippen LogP contribution in [0.4, 0.5) is 11.4 Å². The van der Waals surface area contributed by atoms with Crippen molar-refractivity contribution < 1.29 is 18.0 Å². The normalized spacial score (nSPS) is 16.1. The second kappa shape index (κ2) is 6.78. The van der Waals surface area contributed by atoms with Gasteiger partial charge in [0.15, 0.2) is 0 Å². The van der Waals surface area contributed by atoms with E-state index in [0.717, 1.165) is 0 Å². The molecule has 0 bridgehead atoms. The number of para-hydroxylation sites is 1. The highest BCUT2D eigenvalue weighted by atomic mass is 79.9. The molecule has 1 heterocycles. The zero-order valence-electron chi connectivity index (χ0n) is 12.7. The first-order valence-electron chi connectivity index (χ1n) is 7.21. The Kier molecular flexibility index (Phi) is 4.86. The van der Waals surface area contributed by atoms with Crippen molar-refractivity contribution in [2.75, 3.05) is 15.4 Å². The highest BCUT2D eigenvalue weighted by Crippen LogP contribution is 2.33. The van der Waals surface area contributed by atoms with E-state index in [9.17, 15) is 18.0 Å². The smallest absolute Gasteiger partial charge is 0.255 e. The summed E-state index contributed by atoms with van der Waals surface area (Å²) in [5.41, 5.74) is 0.739. The highest BCUT2D eigenvalue weighted by molar-refractivity contribution is 9.10. The van der Waals surface area contributed by atoms with E-state index in [-0.39, 0.29) is 28.4 Å². The summed E-state index contributed by atoms with van der Waals surface area (Å²) in [6, 6.07) is 11.2. The van der Waals surface area contributed by atoms with Gasteiger partial charge in [-0.3, -0.25) is 9.59 Å². The molecule has 3 rings (SSSR count). The van der Waals surface area contributed by atoms with Gasteiger partial charge in [0.05, 0.1) is 22.2 Å². The maximum atomic E-state index is 12.5. The van der Waals surface area contributed by atoms with E-state index in [1.54, 1.807) is 18.2 Å². The number of carbonyl (C=O) groups is 2. The highest BCUT2D eigenvalue weighted by Gasteiger charge is 2.37. The molecule has 1 aliphatic heterocycles. The summed E-state index contributed by atoms with van der Waals surface area (Å²) in [6.07, 6.45) is -0.105. The van der Waals surface area contributed by atoms with Gasteiger partial charge in [0.25, 0.3) is 5.91 Å². The van der Waals surface area contributed by atoms with Crippen molar-refractivity contribution in [2.24, 2.45) is 0 Å². The number of halogens is 2. The Morgan fingerprint density at radius 2 is 1.92 bits per heavy atom. The molecule has 2 amide bonds. The van der Waals surface area contributed by atoms with Gasteiger partial charge in [-0.25, -0.2) is 12.7 Å². The zero-order chi connectivity index (χ0) is 18.2. The van der Waals surface area contributed by atoms with Crippen LogP contribution in [0, 0.1) is 0 Å².